The highest BCUT2D eigenvalue weighted by molar-refractivity contribution is 6.04. The number of pyridine rings is 3. The fourth-order valence-corrected chi connectivity index (χ4v) is 7.63. The van der Waals surface area contributed by atoms with Gasteiger partial charge in [-0.05, 0) is 71.8 Å². The second-order valence-corrected chi connectivity index (χ2v) is 14.3. The number of aromatic nitrogens is 5. The van der Waals surface area contributed by atoms with Crippen LogP contribution in [0.15, 0.2) is 176 Å². The van der Waals surface area contributed by atoms with E-state index in [-0.39, 0.29) is 0 Å². The van der Waals surface area contributed by atoms with Crippen LogP contribution in [0.1, 0.15) is 11.3 Å². The van der Waals surface area contributed by atoms with Crippen LogP contribution < -0.4 is 0 Å². The number of aryl methyl sites for hydroxylation is 2. The fourth-order valence-electron chi connectivity index (χ4n) is 7.63. The molecule has 0 aliphatic carbocycles. The maximum absolute atomic E-state index is 5.15. The molecule has 264 valence electrons. The van der Waals surface area contributed by atoms with Gasteiger partial charge in [0, 0.05) is 62.1 Å². The first-order valence-corrected chi connectivity index (χ1v) is 18.8. The van der Waals surface area contributed by atoms with Crippen LogP contribution in [0, 0.1) is 13.8 Å². The minimum atomic E-state index is 0.682. The molecule has 0 unspecified atom stereocenters. The third kappa shape index (κ3) is 6.15. The minimum absolute atomic E-state index is 0.682. The molecule has 0 fully saturated rings. The maximum atomic E-state index is 5.15. The largest absolute Gasteiger partial charge is 0.263 e. The predicted octanol–water partition coefficient (Wildman–Crippen LogP) is 12.7. The van der Waals surface area contributed by atoms with Crippen molar-refractivity contribution in [2.45, 2.75) is 13.8 Å². The zero-order chi connectivity index (χ0) is 37.6. The van der Waals surface area contributed by atoms with E-state index in [1.54, 1.807) is 0 Å². The first-order valence-electron chi connectivity index (χ1n) is 18.8. The van der Waals surface area contributed by atoms with E-state index in [0.29, 0.717) is 5.82 Å². The van der Waals surface area contributed by atoms with Crippen LogP contribution in [0.2, 0.25) is 0 Å². The number of hydrogen-bond acceptors (Lipinski definition) is 5. The van der Waals surface area contributed by atoms with E-state index in [0.717, 1.165) is 94.5 Å². The van der Waals surface area contributed by atoms with Crippen molar-refractivity contribution in [3.63, 3.8) is 0 Å². The molecule has 0 spiro atoms. The smallest absolute Gasteiger partial charge is 0.160 e. The summed E-state index contributed by atoms with van der Waals surface area (Å²) >= 11 is 0. The summed E-state index contributed by atoms with van der Waals surface area (Å²) in [6.45, 7) is 4.18. The van der Waals surface area contributed by atoms with E-state index in [2.05, 4.69) is 151 Å². The average molecular weight is 718 g/mol. The van der Waals surface area contributed by atoms with Gasteiger partial charge < -0.3 is 0 Å². The summed E-state index contributed by atoms with van der Waals surface area (Å²) in [5.41, 5.74) is 15.2. The second kappa shape index (κ2) is 13.8. The van der Waals surface area contributed by atoms with Crippen molar-refractivity contribution in [2.24, 2.45) is 0 Å². The van der Waals surface area contributed by atoms with Crippen LogP contribution in [-0.2, 0) is 0 Å². The van der Waals surface area contributed by atoms with E-state index in [4.69, 9.17) is 19.9 Å². The van der Waals surface area contributed by atoms with Gasteiger partial charge in [-0.1, -0.05) is 133 Å². The molecule has 0 saturated carbocycles. The molecular weight excluding hydrogens is 683 g/mol. The van der Waals surface area contributed by atoms with Crippen molar-refractivity contribution in [1.29, 1.82) is 0 Å². The summed E-state index contributed by atoms with van der Waals surface area (Å²) < 4.78 is 0. The second-order valence-electron chi connectivity index (χ2n) is 14.3. The average Bonchev–Trinajstić information content (AvgIpc) is 3.26. The third-order valence-corrected chi connectivity index (χ3v) is 10.6. The standard InChI is InChI=1S/C51H35N5/c1-32-26-46(54-50-43(32)25-24-36-19-18-33(2)53-49(36)50)35-22-20-34(21-23-35)38-13-8-15-40(27-38)47-29-48(56-51(55-47)37-10-4-3-5-11-37)41-16-9-14-39(28-41)45-31-52-30-42-12-6-7-17-44(42)45/h3-31H,1-2H3. The summed E-state index contributed by atoms with van der Waals surface area (Å²) in [7, 11) is 0. The zero-order valence-electron chi connectivity index (χ0n) is 31.0. The number of fused-ring (bicyclic) bond motifs is 4. The Hall–Kier alpha value is -7.37. The molecule has 0 bridgehead atoms. The monoisotopic (exact) mass is 717 g/mol. The Morgan fingerprint density at radius 2 is 1.00 bits per heavy atom. The molecule has 0 amide bonds. The van der Waals surface area contributed by atoms with Crippen LogP contribution in [-0.4, -0.2) is 24.9 Å². The molecule has 6 aromatic carbocycles. The summed E-state index contributed by atoms with van der Waals surface area (Å²) in [4.78, 5) is 24.8. The van der Waals surface area contributed by atoms with Crippen LogP contribution in [0.25, 0.3) is 100.0 Å². The molecule has 0 atom stereocenters. The van der Waals surface area contributed by atoms with Gasteiger partial charge in [-0.3, -0.25) is 9.97 Å². The number of nitrogens with zero attached hydrogens (tertiary/aromatic N) is 5. The first-order chi connectivity index (χ1) is 27.5. The maximum Gasteiger partial charge on any atom is 0.160 e. The lowest BCUT2D eigenvalue weighted by Gasteiger charge is -2.12. The molecule has 5 nitrogen and oxygen atoms in total. The van der Waals surface area contributed by atoms with E-state index in [1.165, 1.54) is 10.9 Å². The third-order valence-electron chi connectivity index (χ3n) is 10.6. The van der Waals surface area contributed by atoms with Crippen LogP contribution in [0.4, 0.5) is 0 Å². The Bertz CT molecular complexity index is 3090. The van der Waals surface area contributed by atoms with Crippen molar-refractivity contribution in [1.82, 2.24) is 24.9 Å². The van der Waals surface area contributed by atoms with Gasteiger partial charge in [-0.2, -0.15) is 0 Å². The Morgan fingerprint density at radius 1 is 0.357 bits per heavy atom. The normalized spacial score (nSPS) is 11.4. The molecule has 4 aromatic heterocycles. The summed E-state index contributed by atoms with van der Waals surface area (Å²) in [6.07, 6.45) is 3.86. The molecule has 10 aromatic rings. The van der Waals surface area contributed by atoms with E-state index in [1.807, 2.05) is 43.6 Å². The molecule has 4 heterocycles. The van der Waals surface area contributed by atoms with Crippen LogP contribution in [0.3, 0.4) is 0 Å². The highest BCUT2D eigenvalue weighted by Gasteiger charge is 2.14. The van der Waals surface area contributed by atoms with Gasteiger partial charge in [0.25, 0.3) is 0 Å². The molecule has 0 aliphatic heterocycles. The first kappa shape index (κ1) is 33.2. The lowest BCUT2D eigenvalue weighted by atomic mass is 9.97. The fraction of sp³-hybridized carbons (Fsp3) is 0.0392. The highest BCUT2D eigenvalue weighted by atomic mass is 14.9. The van der Waals surface area contributed by atoms with Crippen LogP contribution in [0.5, 0.6) is 0 Å². The minimum Gasteiger partial charge on any atom is -0.263 e. The van der Waals surface area contributed by atoms with Gasteiger partial charge in [0.05, 0.1) is 28.1 Å². The molecular formula is C51H35N5. The zero-order valence-corrected chi connectivity index (χ0v) is 31.0. The summed E-state index contributed by atoms with van der Waals surface area (Å²) in [5, 5.41) is 4.51. The van der Waals surface area contributed by atoms with Gasteiger partial charge >= 0.3 is 0 Å². The Balaban J connectivity index is 1.02. The van der Waals surface area contributed by atoms with E-state index < -0.39 is 0 Å². The van der Waals surface area contributed by atoms with Gasteiger partial charge in [-0.25, -0.2) is 15.0 Å². The number of hydrogen-bond donors (Lipinski definition) is 0. The van der Waals surface area contributed by atoms with Gasteiger partial charge in [-0.15, -0.1) is 0 Å². The SMILES string of the molecule is Cc1ccc2ccc3c(C)cc(-c4ccc(-c5cccc(-c6cc(-c7cccc(-c8cncc9ccccc89)c7)nc(-c7ccccc7)n6)c5)cc4)nc3c2n1. The molecule has 0 radical (unpaired) electrons. The van der Waals surface area contributed by atoms with Gasteiger partial charge in [0.1, 0.15) is 0 Å². The Labute approximate surface area is 325 Å². The molecule has 56 heavy (non-hydrogen) atoms. The molecule has 10 rings (SSSR count). The van der Waals surface area contributed by atoms with E-state index in [9.17, 15) is 0 Å². The molecule has 5 heteroatoms. The Morgan fingerprint density at radius 3 is 1.80 bits per heavy atom. The summed E-state index contributed by atoms with van der Waals surface area (Å²) in [5.74, 6) is 0.682. The van der Waals surface area contributed by atoms with Crippen LogP contribution >= 0.6 is 0 Å². The van der Waals surface area contributed by atoms with Crippen molar-refractivity contribution in [2.75, 3.05) is 0 Å². The van der Waals surface area contributed by atoms with Crippen molar-refractivity contribution in [3.05, 3.63) is 187 Å². The lowest BCUT2D eigenvalue weighted by molar-refractivity contribution is 1.18. The van der Waals surface area contributed by atoms with Gasteiger partial charge in [0.15, 0.2) is 5.82 Å². The Kier molecular flexibility index (Phi) is 8.19. The number of benzene rings is 6. The van der Waals surface area contributed by atoms with Crippen molar-refractivity contribution in [3.8, 4) is 67.4 Å². The van der Waals surface area contributed by atoms with Gasteiger partial charge in [0.2, 0.25) is 0 Å². The van der Waals surface area contributed by atoms with E-state index >= 15 is 0 Å². The van der Waals surface area contributed by atoms with Crippen molar-refractivity contribution < 1.29 is 0 Å². The molecule has 0 N–H and O–H groups in total. The molecule has 0 aliphatic rings. The topological polar surface area (TPSA) is 64.5 Å². The predicted molar refractivity (Wildman–Crippen MR) is 230 cm³/mol. The highest BCUT2D eigenvalue weighted by Crippen LogP contribution is 2.35. The summed E-state index contributed by atoms with van der Waals surface area (Å²) in [6, 6.07) is 57.1. The molecule has 0 saturated heterocycles. The quantitative estimate of drug-likeness (QED) is 0.160. The number of rotatable bonds is 6. The lowest BCUT2D eigenvalue weighted by Crippen LogP contribution is -1.96. The van der Waals surface area contributed by atoms with Crippen molar-refractivity contribution >= 4 is 32.6 Å².